The summed E-state index contributed by atoms with van der Waals surface area (Å²) in [5, 5.41) is 11.6. The van der Waals surface area contributed by atoms with Gasteiger partial charge in [0.05, 0.1) is 17.1 Å². The van der Waals surface area contributed by atoms with Crippen molar-refractivity contribution < 1.29 is 32.6 Å². The van der Waals surface area contributed by atoms with Gasteiger partial charge in [-0.05, 0) is 38.1 Å². The number of benzene rings is 1. The van der Waals surface area contributed by atoms with Gasteiger partial charge in [-0.25, -0.2) is 13.2 Å². The Hall–Kier alpha value is -2.46. The van der Waals surface area contributed by atoms with Crippen molar-refractivity contribution >= 4 is 27.9 Å². The van der Waals surface area contributed by atoms with Gasteiger partial charge in [-0.1, -0.05) is 0 Å². The molecule has 0 aliphatic carbocycles. The van der Waals surface area contributed by atoms with Crippen molar-refractivity contribution in [1.29, 1.82) is 0 Å². The summed E-state index contributed by atoms with van der Waals surface area (Å²) in [5.74, 6) is -2.26. The topological polar surface area (TPSA) is 130 Å². The number of ether oxygens (including phenoxy) is 1. The average Bonchev–Trinajstić information content (AvgIpc) is 2.58. The summed E-state index contributed by atoms with van der Waals surface area (Å²) in [6.07, 6.45) is 0. The van der Waals surface area contributed by atoms with E-state index in [1.807, 2.05) is 0 Å². The van der Waals surface area contributed by atoms with E-state index in [2.05, 4.69) is 5.32 Å². The van der Waals surface area contributed by atoms with Crippen LogP contribution in [0.25, 0.3) is 0 Å². The standard InChI is InChI=1S/C16H22N2O7S/c1-4-25-16(22)13-5-7-14(8-6-13)26(23,24)18(11(2)15(20)21)10-9-17-12(3)19/h5-8,11H,4,9-10H2,1-3H3,(H,17,19)(H,20,21). The first kappa shape index (κ1) is 21.6. The van der Waals surface area contributed by atoms with Gasteiger partial charge in [0, 0.05) is 20.0 Å². The fraction of sp³-hybridized carbons (Fsp3) is 0.438. The van der Waals surface area contributed by atoms with Crippen LogP contribution in [0, 0.1) is 0 Å². The molecule has 144 valence electrons. The molecule has 0 fully saturated rings. The smallest absolute Gasteiger partial charge is 0.338 e. The second kappa shape index (κ2) is 9.30. The van der Waals surface area contributed by atoms with Crippen molar-refractivity contribution in [3.8, 4) is 0 Å². The van der Waals surface area contributed by atoms with Crippen LogP contribution in [0.3, 0.4) is 0 Å². The monoisotopic (exact) mass is 386 g/mol. The van der Waals surface area contributed by atoms with Gasteiger partial charge in [0.15, 0.2) is 0 Å². The van der Waals surface area contributed by atoms with Gasteiger partial charge in [0.2, 0.25) is 15.9 Å². The minimum Gasteiger partial charge on any atom is -0.480 e. The van der Waals surface area contributed by atoms with Gasteiger partial charge in [-0.15, -0.1) is 0 Å². The lowest BCUT2D eigenvalue weighted by Crippen LogP contribution is -2.46. The number of rotatable bonds is 9. The maximum atomic E-state index is 12.8. The van der Waals surface area contributed by atoms with E-state index in [4.69, 9.17) is 4.74 Å². The van der Waals surface area contributed by atoms with E-state index in [0.717, 1.165) is 4.31 Å². The summed E-state index contributed by atoms with van der Waals surface area (Å²) in [6, 6.07) is 3.67. The molecule has 10 heteroatoms. The first-order chi connectivity index (χ1) is 12.1. The van der Waals surface area contributed by atoms with E-state index < -0.39 is 28.0 Å². The molecule has 1 rings (SSSR count). The zero-order chi connectivity index (χ0) is 19.9. The molecular formula is C16H22N2O7S. The zero-order valence-corrected chi connectivity index (χ0v) is 15.6. The highest BCUT2D eigenvalue weighted by molar-refractivity contribution is 7.89. The predicted octanol–water partition coefficient (Wildman–Crippen LogP) is 0.463. The molecule has 1 amide bonds. The quantitative estimate of drug-likeness (QED) is 0.590. The maximum Gasteiger partial charge on any atom is 0.338 e. The number of hydrogen-bond donors (Lipinski definition) is 2. The Bertz CT molecular complexity index is 759. The van der Waals surface area contributed by atoms with Crippen LogP contribution in [0.4, 0.5) is 0 Å². The van der Waals surface area contributed by atoms with Gasteiger partial charge in [-0.2, -0.15) is 4.31 Å². The fourth-order valence-electron chi connectivity index (χ4n) is 2.10. The van der Waals surface area contributed by atoms with Crippen LogP contribution in [-0.2, 0) is 24.3 Å². The molecule has 0 aromatic heterocycles. The van der Waals surface area contributed by atoms with Crippen molar-refractivity contribution in [3.05, 3.63) is 29.8 Å². The fourth-order valence-corrected chi connectivity index (χ4v) is 3.69. The number of nitrogens with zero attached hydrogens (tertiary/aromatic N) is 1. The molecule has 1 aromatic rings. The van der Waals surface area contributed by atoms with Crippen LogP contribution in [0.15, 0.2) is 29.2 Å². The van der Waals surface area contributed by atoms with E-state index in [-0.39, 0.29) is 36.1 Å². The summed E-state index contributed by atoms with van der Waals surface area (Å²) in [5.41, 5.74) is 0.182. The molecule has 0 bridgehead atoms. The Kier molecular flexibility index (Phi) is 7.72. The Balaban J connectivity index is 3.12. The van der Waals surface area contributed by atoms with Crippen molar-refractivity contribution in [2.24, 2.45) is 0 Å². The van der Waals surface area contributed by atoms with Crippen molar-refractivity contribution in [3.63, 3.8) is 0 Å². The van der Waals surface area contributed by atoms with Crippen LogP contribution in [-0.4, -0.2) is 61.4 Å². The number of carbonyl (C=O) groups is 3. The Labute approximate surface area is 152 Å². The van der Waals surface area contributed by atoms with Crippen molar-refractivity contribution in [2.75, 3.05) is 19.7 Å². The van der Waals surface area contributed by atoms with Crippen LogP contribution in [0.1, 0.15) is 31.1 Å². The van der Waals surface area contributed by atoms with E-state index in [0.29, 0.717) is 0 Å². The van der Waals surface area contributed by atoms with Crippen molar-refractivity contribution in [2.45, 2.75) is 31.7 Å². The predicted molar refractivity (Wildman–Crippen MR) is 92.1 cm³/mol. The van der Waals surface area contributed by atoms with Crippen molar-refractivity contribution in [1.82, 2.24) is 9.62 Å². The number of carbonyl (C=O) groups excluding carboxylic acids is 2. The Morgan fingerprint density at radius 1 is 1.23 bits per heavy atom. The van der Waals surface area contributed by atoms with Gasteiger partial charge >= 0.3 is 11.9 Å². The average molecular weight is 386 g/mol. The molecular weight excluding hydrogens is 364 g/mol. The summed E-state index contributed by atoms with van der Waals surface area (Å²) < 4.78 is 31.2. The van der Waals surface area contributed by atoms with Crippen LogP contribution >= 0.6 is 0 Å². The molecule has 0 radical (unpaired) electrons. The van der Waals surface area contributed by atoms with Gasteiger partial charge in [-0.3, -0.25) is 9.59 Å². The summed E-state index contributed by atoms with van der Waals surface area (Å²) in [6.45, 7) is 4.10. The third kappa shape index (κ3) is 5.53. The molecule has 0 spiro atoms. The SMILES string of the molecule is CCOC(=O)c1ccc(S(=O)(=O)N(CCNC(C)=O)C(C)C(=O)O)cc1. The summed E-state index contributed by atoms with van der Waals surface area (Å²) >= 11 is 0. The van der Waals surface area contributed by atoms with E-state index in [1.165, 1.54) is 38.1 Å². The third-order valence-corrected chi connectivity index (χ3v) is 5.45. The lowest BCUT2D eigenvalue weighted by Gasteiger charge is -2.25. The van der Waals surface area contributed by atoms with Crippen LogP contribution in [0.2, 0.25) is 0 Å². The number of amides is 1. The molecule has 2 N–H and O–H groups in total. The van der Waals surface area contributed by atoms with Gasteiger partial charge in [0.25, 0.3) is 0 Å². The lowest BCUT2D eigenvalue weighted by atomic mass is 10.2. The Morgan fingerprint density at radius 3 is 2.27 bits per heavy atom. The first-order valence-electron chi connectivity index (χ1n) is 7.87. The van der Waals surface area contributed by atoms with Crippen LogP contribution in [0.5, 0.6) is 0 Å². The highest BCUT2D eigenvalue weighted by Gasteiger charge is 2.32. The third-order valence-electron chi connectivity index (χ3n) is 3.47. The van der Waals surface area contributed by atoms with Crippen LogP contribution < -0.4 is 5.32 Å². The highest BCUT2D eigenvalue weighted by atomic mass is 32.2. The lowest BCUT2D eigenvalue weighted by molar-refractivity contribution is -0.140. The number of carboxylic acids is 1. The highest BCUT2D eigenvalue weighted by Crippen LogP contribution is 2.19. The van der Waals surface area contributed by atoms with Gasteiger partial charge in [0.1, 0.15) is 6.04 Å². The maximum absolute atomic E-state index is 12.8. The van der Waals surface area contributed by atoms with E-state index >= 15 is 0 Å². The number of esters is 1. The molecule has 1 atom stereocenters. The molecule has 9 nitrogen and oxygen atoms in total. The zero-order valence-electron chi connectivity index (χ0n) is 14.8. The van der Waals surface area contributed by atoms with E-state index in [1.54, 1.807) is 6.92 Å². The molecule has 1 unspecified atom stereocenters. The molecule has 0 saturated carbocycles. The molecule has 0 heterocycles. The minimum absolute atomic E-state index is 0.0346. The number of sulfonamides is 1. The molecule has 1 aromatic carbocycles. The summed E-state index contributed by atoms with van der Waals surface area (Å²) in [4.78, 5) is 33.7. The second-order valence-corrected chi connectivity index (χ2v) is 7.25. The number of hydrogen-bond acceptors (Lipinski definition) is 6. The largest absolute Gasteiger partial charge is 0.480 e. The first-order valence-corrected chi connectivity index (χ1v) is 9.31. The summed E-state index contributed by atoms with van der Waals surface area (Å²) in [7, 11) is -4.15. The molecule has 0 aliphatic rings. The second-order valence-electron chi connectivity index (χ2n) is 5.36. The minimum atomic E-state index is -4.15. The molecule has 26 heavy (non-hydrogen) atoms. The molecule has 0 aliphatic heterocycles. The van der Waals surface area contributed by atoms with Gasteiger partial charge < -0.3 is 15.2 Å². The molecule has 0 saturated heterocycles. The normalized spacial score (nSPS) is 12.5. The number of aliphatic carboxylic acids is 1. The number of carboxylic acid groups (broad SMARTS) is 1. The van der Waals surface area contributed by atoms with E-state index in [9.17, 15) is 27.9 Å². The Morgan fingerprint density at radius 2 is 1.81 bits per heavy atom. The number of nitrogens with one attached hydrogen (secondary N) is 1.